The Morgan fingerprint density at radius 3 is 1.50 bits per heavy atom. The second kappa shape index (κ2) is 29.4. The third-order valence-corrected chi connectivity index (χ3v) is 0. The fourth-order valence-corrected chi connectivity index (χ4v) is 0. The third kappa shape index (κ3) is 41.9. The molecule has 0 spiro atoms. The molecule has 0 heterocycles. The zero-order valence-electron chi connectivity index (χ0n) is 3.63. The van der Waals surface area contributed by atoms with Gasteiger partial charge < -0.3 is 4.79 Å². The fourth-order valence-electron chi connectivity index (χ4n) is 0. The van der Waals surface area contributed by atoms with E-state index in [1.54, 1.807) is 0 Å². The van der Waals surface area contributed by atoms with E-state index in [4.69, 9.17) is 8.26 Å². The first-order valence-electron chi connectivity index (χ1n) is 0.833. The van der Waals surface area contributed by atoms with Gasteiger partial charge in [-0.25, -0.2) is 0 Å². The molecular formula is C2H3KO2Pd-. The molecule has 0 fully saturated rings. The molecule has 0 saturated carbocycles. The predicted molar refractivity (Wildman–Crippen MR) is 17.8 cm³/mol. The van der Waals surface area contributed by atoms with Crippen molar-refractivity contribution in [3.63, 3.8) is 0 Å². The maximum absolute atomic E-state index is 8.68. The van der Waals surface area contributed by atoms with Gasteiger partial charge in [0.05, 0.1) is 0 Å². The number of carbonyl (C=O) groups excluding carboxylic acids is 1. The molecule has 0 bridgehead atoms. The van der Waals surface area contributed by atoms with Crippen LogP contribution in [0.2, 0.25) is 0 Å². The molecule has 35 valence electrons. The Bertz CT molecular complexity index is 25.5. The topological polar surface area (TPSA) is 34.1 Å². The summed E-state index contributed by atoms with van der Waals surface area (Å²) in [4.78, 5) is 8.68. The van der Waals surface area contributed by atoms with E-state index in [0.29, 0.717) is 0 Å². The van der Waals surface area contributed by atoms with Crippen molar-refractivity contribution in [1.82, 2.24) is 0 Å². The van der Waals surface area contributed by atoms with E-state index in [-0.39, 0.29) is 51.4 Å². The van der Waals surface area contributed by atoms with Gasteiger partial charge in [-0.15, -0.1) is 0 Å². The Morgan fingerprint density at radius 2 is 1.50 bits per heavy atom. The van der Waals surface area contributed by atoms with Gasteiger partial charge in [-0.05, 0) is 0 Å². The summed E-state index contributed by atoms with van der Waals surface area (Å²) < 4.78 is 8.10. The molecule has 0 aromatic rings. The average Bonchev–Trinajstić information content (AvgIpc) is 1.46. The van der Waals surface area contributed by atoms with Gasteiger partial charge in [0.25, 0.3) is 0 Å². The molecule has 0 aliphatic carbocycles. The summed E-state index contributed by atoms with van der Waals surface area (Å²) in [7, 11) is 0. The van der Waals surface area contributed by atoms with E-state index in [9.17, 15) is 0 Å². The number of hydrogen-bond acceptors (Lipinski definition) is 2. The van der Waals surface area contributed by atoms with Gasteiger partial charge in [0, 0.05) is 51.4 Å². The van der Waals surface area contributed by atoms with Crippen LogP contribution in [0, 0.1) is 0 Å². The summed E-state index contributed by atoms with van der Waals surface area (Å²) in [5, 5.41) is 0. The summed E-state index contributed by atoms with van der Waals surface area (Å²) in [5.41, 5.74) is 0. The molecule has 0 unspecified atom stereocenters. The summed E-state index contributed by atoms with van der Waals surface area (Å²) in [6.07, 6.45) is 1.50. The Kier molecular flexibility index (Phi) is 76.7. The monoisotopic (exact) mass is 204 g/mol. The van der Waals surface area contributed by atoms with E-state index in [1.807, 2.05) is 0 Å². The SMILES string of the molecule is C[C-]=O.[K].[O]=[Pd]. The minimum absolute atomic E-state index is 0. The van der Waals surface area contributed by atoms with Crippen LogP contribution in [0.3, 0.4) is 0 Å². The molecule has 2 nitrogen and oxygen atoms in total. The van der Waals surface area contributed by atoms with Crippen LogP contribution in [0.25, 0.3) is 0 Å². The van der Waals surface area contributed by atoms with Crippen molar-refractivity contribution in [2.45, 2.75) is 6.92 Å². The van der Waals surface area contributed by atoms with Gasteiger partial charge in [0.2, 0.25) is 0 Å². The standard InChI is InChI=1S/C2H3O.K.O.Pd/c1-2-3;;;/h1H3;;;/q-1;;;. The Morgan fingerprint density at radius 1 is 1.50 bits per heavy atom. The number of hydrogen-bond donors (Lipinski definition) is 0. The molecule has 0 aliphatic heterocycles. The molecule has 0 amide bonds. The van der Waals surface area contributed by atoms with E-state index < -0.39 is 0 Å². The van der Waals surface area contributed by atoms with Crippen LogP contribution in [0.15, 0.2) is 0 Å². The molecule has 6 heavy (non-hydrogen) atoms. The summed E-state index contributed by atoms with van der Waals surface area (Å²) in [6.45, 7) is 1.32. The molecule has 4 heteroatoms. The van der Waals surface area contributed by atoms with Gasteiger partial charge in [-0.3, -0.25) is 6.29 Å². The van der Waals surface area contributed by atoms with E-state index in [2.05, 4.69) is 0 Å². The van der Waals surface area contributed by atoms with Gasteiger partial charge in [-0.2, -0.15) is 6.92 Å². The van der Waals surface area contributed by atoms with Crippen molar-refractivity contribution in [3.05, 3.63) is 0 Å². The van der Waals surface area contributed by atoms with Crippen LogP contribution in [-0.2, 0) is 27.4 Å². The van der Waals surface area contributed by atoms with Gasteiger partial charge >= 0.3 is 22.6 Å². The molecule has 0 rings (SSSR count). The molecular weight excluding hydrogens is 202 g/mol. The second-order valence-electron chi connectivity index (χ2n) is 0.204. The van der Waals surface area contributed by atoms with Crippen molar-refractivity contribution < 1.29 is 27.4 Å². The summed E-state index contributed by atoms with van der Waals surface area (Å²) in [5.74, 6) is 0. The normalized spacial score (nSPS) is 3.17. The van der Waals surface area contributed by atoms with E-state index in [0.717, 1.165) is 0 Å². The number of rotatable bonds is 0. The van der Waals surface area contributed by atoms with Crippen LogP contribution in [-0.4, -0.2) is 57.7 Å². The van der Waals surface area contributed by atoms with Crippen LogP contribution in [0.4, 0.5) is 0 Å². The van der Waals surface area contributed by atoms with Gasteiger partial charge in [0.15, 0.2) is 0 Å². The van der Waals surface area contributed by atoms with Gasteiger partial charge in [0.1, 0.15) is 0 Å². The van der Waals surface area contributed by atoms with Crippen LogP contribution in [0.1, 0.15) is 6.92 Å². The predicted octanol–water partition coefficient (Wildman–Crippen LogP) is -0.386. The fraction of sp³-hybridized carbons (Fsp3) is 0.500. The van der Waals surface area contributed by atoms with Crippen LogP contribution in [0.5, 0.6) is 0 Å². The van der Waals surface area contributed by atoms with Crippen LogP contribution >= 0.6 is 0 Å². The zero-order valence-corrected chi connectivity index (χ0v) is 8.31. The first kappa shape index (κ1) is 15.7. The zero-order chi connectivity index (χ0) is 4.71. The Labute approximate surface area is 90.2 Å². The van der Waals surface area contributed by atoms with Crippen molar-refractivity contribution >= 4 is 57.7 Å². The Balaban J connectivity index is -0.0000000275. The molecule has 0 N–H and O–H groups in total. The molecule has 0 aromatic heterocycles. The van der Waals surface area contributed by atoms with Crippen LogP contribution < -0.4 is 0 Å². The molecule has 0 aliphatic rings. The van der Waals surface area contributed by atoms with Crippen molar-refractivity contribution in [3.8, 4) is 0 Å². The molecule has 1 radical (unpaired) electrons. The molecule has 0 aromatic carbocycles. The summed E-state index contributed by atoms with van der Waals surface area (Å²) in [6, 6.07) is 0. The van der Waals surface area contributed by atoms with Gasteiger partial charge in [-0.1, -0.05) is 0 Å². The second-order valence-corrected chi connectivity index (χ2v) is 0.204. The molecule has 0 atom stereocenters. The van der Waals surface area contributed by atoms with Crippen molar-refractivity contribution in [1.29, 1.82) is 0 Å². The van der Waals surface area contributed by atoms with E-state index in [1.165, 1.54) is 32.4 Å². The first-order chi connectivity index (χ1) is 2.41. The average molecular weight is 205 g/mol. The van der Waals surface area contributed by atoms with Crippen molar-refractivity contribution in [2.24, 2.45) is 0 Å². The quantitative estimate of drug-likeness (QED) is 0.398. The summed E-state index contributed by atoms with van der Waals surface area (Å²) >= 11 is 1.50. The Hall–Kier alpha value is 1.77. The van der Waals surface area contributed by atoms with Crippen molar-refractivity contribution in [2.75, 3.05) is 0 Å². The minimum atomic E-state index is 0. The molecule has 0 saturated heterocycles. The van der Waals surface area contributed by atoms with E-state index >= 15 is 0 Å². The first-order valence-corrected chi connectivity index (χ1v) is 1.47. The maximum atomic E-state index is 8.68. The third-order valence-electron chi connectivity index (χ3n) is 0.